The fourth-order valence-corrected chi connectivity index (χ4v) is 4.12. The maximum absolute atomic E-state index is 12.7. The molecule has 5 rings (SSSR count). The first kappa shape index (κ1) is 14.4. The van der Waals surface area contributed by atoms with Gasteiger partial charge in [0, 0.05) is 52.8 Å². The topological polar surface area (TPSA) is 34.9 Å². The Hall–Kier alpha value is -2.94. The fourth-order valence-electron chi connectivity index (χ4n) is 4.12. The number of Topliss-reactive ketones (excluding diaryl/α,β-unsaturated/α-hetero) is 1. The molecule has 2 aromatic heterocycles. The zero-order valence-electron chi connectivity index (χ0n) is 13.9. The highest BCUT2D eigenvalue weighted by atomic mass is 16.1. The van der Waals surface area contributed by atoms with Crippen LogP contribution in [0, 0.1) is 0 Å². The molecule has 25 heavy (non-hydrogen) atoms. The van der Waals surface area contributed by atoms with Gasteiger partial charge in [-0.3, -0.25) is 9.78 Å². The Morgan fingerprint density at radius 2 is 1.84 bits per heavy atom. The lowest BCUT2D eigenvalue weighted by atomic mass is 9.94. The molecule has 1 aliphatic rings. The van der Waals surface area contributed by atoms with Crippen LogP contribution in [0.25, 0.3) is 21.7 Å². The highest BCUT2D eigenvalue weighted by molar-refractivity contribution is 6.16. The van der Waals surface area contributed by atoms with Crippen LogP contribution in [0.5, 0.6) is 0 Å². The zero-order chi connectivity index (χ0) is 16.8. The summed E-state index contributed by atoms with van der Waals surface area (Å²) in [4.78, 5) is 16.9. The summed E-state index contributed by atoms with van der Waals surface area (Å²) in [6, 6.07) is 16.7. The Morgan fingerprint density at radius 1 is 0.960 bits per heavy atom. The molecule has 3 nitrogen and oxygen atoms in total. The first-order chi connectivity index (χ1) is 12.3. The predicted octanol–water partition coefficient (Wildman–Crippen LogP) is 4.76. The quantitative estimate of drug-likeness (QED) is 0.532. The number of fused-ring (bicyclic) bond motifs is 5. The molecule has 0 unspecified atom stereocenters. The first-order valence-electron chi connectivity index (χ1n) is 8.78. The minimum Gasteiger partial charge on any atom is -0.339 e. The number of aromatic nitrogens is 2. The summed E-state index contributed by atoms with van der Waals surface area (Å²) >= 11 is 0. The number of nitrogens with zero attached hydrogens (tertiary/aromatic N) is 2. The molecule has 0 bridgehead atoms. The Labute approximate surface area is 145 Å². The molecule has 0 fully saturated rings. The third-order valence-electron chi connectivity index (χ3n) is 5.23. The Morgan fingerprint density at radius 3 is 2.72 bits per heavy atom. The number of hydrogen-bond acceptors (Lipinski definition) is 2. The largest absolute Gasteiger partial charge is 0.339 e. The summed E-state index contributed by atoms with van der Waals surface area (Å²) in [7, 11) is 0. The second-order valence-corrected chi connectivity index (χ2v) is 6.73. The molecule has 0 saturated carbocycles. The van der Waals surface area contributed by atoms with E-state index in [0.717, 1.165) is 35.7 Å². The van der Waals surface area contributed by atoms with Crippen molar-refractivity contribution in [3.63, 3.8) is 0 Å². The molecule has 0 amide bonds. The van der Waals surface area contributed by atoms with Gasteiger partial charge in [-0.15, -0.1) is 0 Å². The molecular weight excluding hydrogens is 308 g/mol. The van der Waals surface area contributed by atoms with Crippen LogP contribution in [0.1, 0.15) is 34.5 Å². The van der Waals surface area contributed by atoms with Crippen LogP contribution in [-0.4, -0.2) is 15.3 Å². The summed E-state index contributed by atoms with van der Waals surface area (Å²) in [5, 5.41) is 3.38. The molecule has 3 heteroatoms. The van der Waals surface area contributed by atoms with Crippen molar-refractivity contribution >= 4 is 27.5 Å². The number of ketones is 1. The van der Waals surface area contributed by atoms with Gasteiger partial charge in [-0.25, -0.2) is 0 Å². The van der Waals surface area contributed by atoms with E-state index in [1.54, 1.807) is 0 Å². The lowest BCUT2D eigenvalue weighted by Crippen LogP contribution is -2.13. The van der Waals surface area contributed by atoms with Gasteiger partial charge in [0.1, 0.15) is 0 Å². The van der Waals surface area contributed by atoms with Crippen molar-refractivity contribution in [2.45, 2.75) is 25.8 Å². The normalized spacial score (nSPS) is 14.2. The minimum atomic E-state index is 0.284. The summed E-state index contributed by atoms with van der Waals surface area (Å²) in [5.74, 6) is 0.284. The molecule has 1 aliphatic carbocycles. The molecule has 0 aliphatic heterocycles. The van der Waals surface area contributed by atoms with Crippen molar-refractivity contribution in [1.29, 1.82) is 0 Å². The van der Waals surface area contributed by atoms with Crippen molar-refractivity contribution in [3.8, 4) is 0 Å². The van der Waals surface area contributed by atoms with Gasteiger partial charge in [0.15, 0.2) is 5.78 Å². The maximum Gasteiger partial charge on any atom is 0.165 e. The number of hydrogen-bond donors (Lipinski definition) is 0. The van der Waals surface area contributed by atoms with Gasteiger partial charge in [0.05, 0.1) is 5.52 Å². The lowest BCUT2D eigenvalue weighted by molar-refractivity contribution is 0.0973. The molecule has 2 heterocycles. The Kier molecular flexibility index (Phi) is 3.20. The van der Waals surface area contributed by atoms with E-state index in [2.05, 4.69) is 52.0 Å². The average molecular weight is 326 g/mol. The maximum atomic E-state index is 12.7. The van der Waals surface area contributed by atoms with E-state index in [9.17, 15) is 4.79 Å². The minimum absolute atomic E-state index is 0.284. The molecule has 0 spiro atoms. The molecule has 0 radical (unpaired) electrons. The van der Waals surface area contributed by atoms with Gasteiger partial charge in [-0.05, 0) is 24.5 Å². The van der Waals surface area contributed by atoms with E-state index < -0.39 is 0 Å². The van der Waals surface area contributed by atoms with Crippen LogP contribution in [0.15, 0.2) is 60.9 Å². The zero-order valence-corrected chi connectivity index (χ0v) is 13.9. The SMILES string of the molecule is O=C1CCCc2c1c1ccc3cnccc3c1n2Cc1ccccc1. The van der Waals surface area contributed by atoms with E-state index in [1.165, 1.54) is 22.2 Å². The van der Waals surface area contributed by atoms with Gasteiger partial charge >= 0.3 is 0 Å². The van der Waals surface area contributed by atoms with Gasteiger partial charge < -0.3 is 4.57 Å². The molecule has 0 saturated heterocycles. The summed E-state index contributed by atoms with van der Waals surface area (Å²) in [6.45, 7) is 0.793. The van der Waals surface area contributed by atoms with Crippen LogP contribution in [-0.2, 0) is 13.0 Å². The van der Waals surface area contributed by atoms with E-state index >= 15 is 0 Å². The van der Waals surface area contributed by atoms with Gasteiger partial charge in [-0.1, -0.05) is 42.5 Å². The standard InChI is InChI=1S/C22H18N2O/c25-20-8-4-7-19-21(20)18-10-9-16-13-23-12-11-17(16)22(18)24(19)14-15-5-2-1-3-6-15/h1-3,5-6,9-13H,4,7-8,14H2. The van der Waals surface area contributed by atoms with Crippen LogP contribution in [0.2, 0.25) is 0 Å². The average Bonchev–Trinajstić information content (AvgIpc) is 2.98. The van der Waals surface area contributed by atoms with Gasteiger partial charge in [0.2, 0.25) is 0 Å². The van der Waals surface area contributed by atoms with Gasteiger partial charge in [-0.2, -0.15) is 0 Å². The molecule has 0 N–H and O–H groups in total. The molecule has 0 atom stereocenters. The number of benzene rings is 2. The monoisotopic (exact) mass is 326 g/mol. The molecule has 122 valence electrons. The van der Waals surface area contributed by atoms with E-state index in [0.29, 0.717) is 6.42 Å². The third-order valence-corrected chi connectivity index (χ3v) is 5.23. The van der Waals surface area contributed by atoms with Crippen LogP contribution in [0.3, 0.4) is 0 Å². The Bertz CT molecular complexity index is 1110. The fraction of sp³-hybridized carbons (Fsp3) is 0.182. The van der Waals surface area contributed by atoms with E-state index in [4.69, 9.17) is 0 Å². The third kappa shape index (κ3) is 2.19. The van der Waals surface area contributed by atoms with Crippen molar-refractivity contribution in [3.05, 3.63) is 77.7 Å². The van der Waals surface area contributed by atoms with Gasteiger partial charge in [0.25, 0.3) is 0 Å². The highest BCUT2D eigenvalue weighted by Gasteiger charge is 2.26. The number of carbonyl (C=O) groups is 1. The Balaban J connectivity index is 1.87. The van der Waals surface area contributed by atoms with Crippen molar-refractivity contribution in [2.24, 2.45) is 0 Å². The lowest BCUT2D eigenvalue weighted by Gasteiger charge is -2.15. The number of pyridine rings is 1. The van der Waals surface area contributed by atoms with Crippen LogP contribution >= 0.6 is 0 Å². The predicted molar refractivity (Wildman–Crippen MR) is 100 cm³/mol. The van der Waals surface area contributed by atoms with Crippen LogP contribution in [0.4, 0.5) is 0 Å². The summed E-state index contributed by atoms with van der Waals surface area (Å²) in [6.07, 6.45) is 6.30. The molecule has 2 aromatic carbocycles. The summed E-state index contributed by atoms with van der Waals surface area (Å²) in [5.41, 5.74) is 4.56. The molecule has 4 aromatic rings. The van der Waals surface area contributed by atoms with Crippen molar-refractivity contribution in [2.75, 3.05) is 0 Å². The number of carbonyl (C=O) groups excluding carboxylic acids is 1. The summed E-state index contributed by atoms with van der Waals surface area (Å²) < 4.78 is 2.36. The van der Waals surface area contributed by atoms with Crippen molar-refractivity contribution in [1.82, 2.24) is 9.55 Å². The first-order valence-corrected chi connectivity index (χ1v) is 8.78. The molecular formula is C22H18N2O. The van der Waals surface area contributed by atoms with E-state index in [1.807, 2.05) is 18.5 Å². The second-order valence-electron chi connectivity index (χ2n) is 6.73. The van der Waals surface area contributed by atoms with Crippen LogP contribution < -0.4 is 0 Å². The number of rotatable bonds is 2. The highest BCUT2D eigenvalue weighted by Crippen LogP contribution is 2.36. The smallest absolute Gasteiger partial charge is 0.165 e. The van der Waals surface area contributed by atoms with E-state index in [-0.39, 0.29) is 5.78 Å². The van der Waals surface area contributed by atoms with Crippen molar-refractivity contribution < 1.29 is 4.79 Å². The second kappa shape index (κ2) is 5.55.